The number of nitrogens with one attached hydrogen (secondary N) is 2. The van der Waals surface area contributed by atoms with Gasteiger partial charge in [-0.2, -0.15) is 0 Å². The molecule has 2 rings (SSSR count). The Hall–Kier alpha value is -0.910. The molecule has 2 atom stereocenters. The van der Waals surface area contributed by atoms with Crippen molar-refractivity contribution in [1.82, 2.24) is 10.6 Å². The standard InChI is InChI=1S/C12H13ClF2N2O.ClH/c13-9-3-1-2-7(11(9)15)5-17-12(18)10-4-8(14)6-16-10;/h1-3,8,10,16H,4-6H2,(H,17,18);1H/t8-,10+;/m1./s1. The first-order valence-corrected chi connectivity index (χ1v) is 6.04. The minimum Gasteiger partial charge on any atom is -0.351 e. The van der Waals surface area contributed by atoms with Gasteiger partial charge in [-0.25, -0.2) is 8.78 Å². The van der Waals surface area contributed by atoms with Gasteiger partial charge in [0.25, 0.3) is 0 Å². The second kappa shape index (κ2) is 7.03. The van der Waals surface area contributed by atoms with E-state index >= 15 is 0 Å². The first-order valence-electron chi connectivity index (χ1n) is 5.66. The van der Waals surface area contributed by atoms with Gasteiger partial charge in [0.15, 0.2) is 0 Å². The molecule has 1 fully saturated rings. The second-order valence-corrected chi connectivity index (χ2v) is 4.63. The first-order chi connectivity index (χ1) is 8.58. The molecular formula is C12H14Cl2F2N2O. The quantitative estimate of drug-likeness (QED) is 0.899. The van der Waals surface area contributed by atoms with Crippen LogP contribution in [0.4, 0.5) is 8.78 Å². The van der Waals surface area contributed by atoms with Crippen molar-refractivity contribution in [2.75, 3.05) is 6.54 Å². The summed E-state index contributed by atoms with van der Waals surface area (Å²) >= 11 is 5.63. The van der Waals surface area contributed by atoms with E-state index in [1.165, 1.54) is 6.07 Å². The Morgan fingerprint density at radius 3 is 2.89 bits per heavy atom. The topological polar surface area (TPSA) is 41.1 Å². The van der Waals surface area contributed by atoms with E-state index in [0.29, 0.717) is 5.56 Å². The van der Waals surface area contributed by atoms with Crippen LogP contribution < -0.4 is 10.6 Å². The van der Waals surface area contributed by atoms with Crippen molar-refractivity contribution in [2.45, 2.75) is 25.2 Å². The Balaban J connectivity index is 0.00000180. The normalized spacial score (nSPS) is 21.8. The van der Waals surface area contributed by atoms with Gasteiger partial charge in [0.2, 0.25) is 5.91 Å². The molecule has 0 unspecified atom stereocenters. The summed E-state index contributed by atoms with van der Waals surface area (Å²) < 4.78 is 26.4. The van der Waals surface area contributed by atoms with Gasteiger partial charge in [-0.15, -0.1) is 12.4 Å². The monoisotopic (exact) mass is 310 g/mol. The molecule has 1 aromatic rings. The van der Waals surface area contributed by atoms with Crippen LogP contribution in [-0.2, 0) is 11.3 Å². The summed E-state index contributed by atoms with van der Waals surface area (Å²) in [6, 6.07) is 4.05. The van der Waals surface area contributed by atoms with Crippen LogP contribution in [0.5, 0.6) is 0 Å². The summed E-state index contributed by atoms with van der Waals surface area (Å²) in [6.45, 7) is 0.226. The van der Waals surface area contributed by atoms with E-state index in [1.54, 1.807) is 12.1 Å². The highest BCUT2D eigenvalue weighted by atomic mass is 35.5. The predicted octanol–water partition coefficient (Wildman–Crippen LogP) is 2.22. The molecule has 1 aromatic carbocycles. The maximum atomic E-state index is 13.5. The number of hydrogen-bond donors (Lipinski definition) is 2. The highest BCUT2D eigenvalue weighted by Gasteiger charge is 2.28. The van der Waals surface area contributed by atoms with Gasteiger partial charge in [-0.1, -0.05) is 23.7 Å². The number of amides is 1. The molecule has 1 amide bonds. The zero-order valence-electron chi connectivity index (χ0n) is 9.96. The maximum Gasteiger partial charge on any atom is 0.237 e. The molecule has 3 nitrogen and oxygen atoms in total. The van der Waals surface area contributed by atoms with Crippen LogP contribution in [0, 0.1) is 5.82 Å². The van der Waals surface area contributed by atoms with E-state index in [-0.39, 0.29) is 42.8 Å². The minimum absolute atomic E-state index is 0. The highest BCUT2D eigenvalue weighted by Crippen LogP contribution is 2.17. The molecule has 1 heterocycles. The number of benzene rings is 1. The van der Waals surface area contributed by atoms with Crippen molar-refractivity contribution in [2.24, 2.45) is 0 Å². The Bertz CT molecular complexity index is 459. The zero-order valence-corrected chi connectivity index (χ0v) is 11.5. The maximum absolute atomic E-state index is 13.5. The summed E-state index contributed by atoms with van der Waals surface area (Å²) in [5, 5.41) is 5.34. The van der Waals surface area contributed by atoms with Gasteiger partial charge in [-0.05, 0) is 6.07 Å². The van der Waals surface area contributed by atoms with Gasteiger partial charge in [-0.3, -0.25) is 4.79 Å². The molecule has 0 bridgehead atoms. The van der Waals surface area contributed by atoms with Gasteiger partial charge in [0.1, 0.15) is 12.0 Å². The molecule has 0 saturated carbocycles. The molecule has 19 heavy (non-hydrogen) atoms. The van der Waals surface area contributed by atoms with E-state index in [1.807, 2.05) is 0 Å². The molecule has 0 spiro atoms. The van der Waals surface area contributed by atoms with Crippen LogP contribution >= 0.6 is 24.0 Å². The number of alkyl halides is 1. The smallest absolute Gasteiger partial charge is 0.237 e. The second-order valence-electron chi connectivity index (χ2n) is 4.22. The molecule has 0 aliphatic carbocycles. The van der Waals surface area contributed by atoms with Crippen molar-refractivity contribution in [3.05, 3.63) is 34.6 Å². The van der Waals surface area contributed by atoms with Crippen molar-refractivity contribution in [1.29, 1.82) is 0 Å². The Kier molecular flexibility index (Phi) is 5.97. The van der Waals surface area contributed by atoms with E-state index < -0.39 is 18.0 Å². The molecular weight excluding hydrogens is 297 g/mol. The lowest BCUT2D eigenvalue weighted by Crippen LogP contribution is -2.40. The Labute approximate surface area is 121 Å². The molecule has 106 valence electrons. The van der Waals surface area contributed by atoms with E-state index in [9.17, 15) is 13.6 Å². The Morgan fingerprint density at radius 1 is 1.53 bits per heavy atom. The molecule has 1 aliphatic rings. The average Bonchev–Trinajstić information content (AvgIpc) is 2.77. The third kappa shape index (κ3) is 4.03. The van der Waals surface area contributed by atoms with Gasteiger partial charge in [0, 0.05) is 25.1 Å². The van der Waals surface area contributed by atoms with Gasteiger partial charge < -0.3 is 10.6 Å². The predicted molar refractivity (Wildman–Crippen MR) is 71.8 cm³/mol. The largest absolute Gasteiger partial charge is 0.351 e. The van der Waals surface area contributed by atoms with Crippen LogP contribution in [0.1, 0.15) is 12.0 Å². The van der Waals surface area contributed by atoms with Crippen LogP contribution in [-0.4, -0.2) is 24.7 Å². The van der Waals surface area contributed by atoms with Crippen LogP contribution in [0.2, 0.25) is 5.02 Å². The van der Waals surface area contributed by atoms with Crippen LogP contribution in [0.15, 0.2) is 18.2 Å². The van der Waals surface area contributed by atoms with Gasteiger partial charge in [0.05, 0.1) is 11.1 Å². The summed E-state index contributed by atoms with van der Waals surface area (Å²) in [6.07, 6.45) is -0.840. The number of carbonyl (C=O) groups is 1. The lowest BCUT2D eigenvalue weighted by molar-refractivity contribution is -0.123. The zero-order chi connectivity index (χ0) is 13.1. The molecule has 1 aliphatic heterocycles. The number of carbonyl (C=O) groups excluding carboxylic acids is 1. The molecule has 2 N–H and O–H groups in total. The fourth-order valence-electron chi connectivity index (χ4n) is 1.88. The van der Waals surface area contributed by atoms with Crippen molar-refractivity contribution in [3.8, 4) is 0 Å². The summed E-state index contributed by atoms with van der Waals surface area (Å²) in [4.78, 5) is 11.7. The molecule has 7 heteroatoms. The van der Waals surface area contributed by atoms with Gasteiger partial charge >= 0.3 is 0 Å². The SMILES string of the molecule is Cl.O=C(NCc1cccc(Cl)c1F)[C@@H]1C[C@@H](F)CN1. The van der Waals surface area contributed by atoms with Crippen LogP contribution in [0.25, 0.3) is 0 Å². The van der Waals surface area contributed by atoms with E-state index in [4.69, 9.17) is 11.6 Å². The third-order valence-electron chi connectivity index (χ3n) is 2.88. The number of halogens is 4. The highest BCUT2D eigenvalue weighted by molar-refractivity contribution is 6.30. The van der Waals surface area contributed by atoms with Crippen LogP contribution in [0.3, 0.4) is 0 Å². The summed E-state index contributed by atoms with van der Waals surface area (Å²) in [5.41, 5.74) is 0.311. The minimum atomic E-state index is -0.997. The van der Waals surface area contributed by atoms with Crippen molar-refractivity contribution < 1.29 is 13.6 Å². The van der Waals surface area contributed by atoms with Crippen molar-refractivity contribution >= 4 is 29.9 Å². The van der Waals surface area contributed by atoms with Crippen molar-refractivity contribution in [3.63, 3.8) is 0 Å². The third-order valence-corrected chi connectivity index (χ3v) is 3.17. The fourth-order valence-corrected chi connectivity index (χ4v) is 2.08. The van der Waals surface area contributed by atoms with E-state index in [0.717, 1.165) is 0 Å². The number of rotatable bonds is 3. The fraction of sp³-hybridized carbons (Fsp3) is 0.417. The average molecular weight is 311 g/mol. The number of hydrogen-bond acceptors (Lipinski definition) is 2. The molecule has 1 saturated heterocycles. The Morgan fingerprint density at radius 2 is 2.26 bits per heavy atom. The lowest BCUT2D eigenvalue weighted by Gasteiger charge is -2.11. The van der Waals surface area contributed by atoms with E-state index in [2.05, 4.69) is 10.6 Å². The first kappa shape index (κ1) is 16.1. The molecule has 0 aromatic heterocycles. The summed E-state index contributed by atoms with van der Waals surface area (Å²) in [5.74, 6) is -0.864. The lowest BCUT2D eigenvalue weighted by atomic mass is 10.2. The summed E-state index contributed by atoms with van der Waals surface area (Å²) in [7, 11) is 0. The molecule has 0 radical (unpaired) electrons.